The Labute approximate surface area is 152 Å². The van der Waals surface area contributed by atoms with Gasteiger partial charge in [-0.2, -0.15) is 4.89 Å². The molecule has 0 bridgehead atoms. The van der Waals surface area contributed by atoms with Crippen LogP contribution in [0, 0.1) is 0 Å². The molecule has 0 aromatic carbocycles. The average Bonchev–Trinajstić information content (AvgIpc) is 2.64. The molecule has 0 spiro atoms. The number of hydrogen-bond acceptors (Lipinski definition) is 5. The minimum absolute atomic E-state index is 0.140. The molecule has 0 radical (unpaired) electrons. The number of methoxy groups -OCH3 is 2. The highest BCUT2D eigenvalue weighted by Crippen LogP contribution is 2.28. The summed E-state index contributed by atoms with van der Waals surface area (Å²) in [6.45, 7) is 2.07. The van der Waals surface area contributed by atoms with Crippen molar-refractivity contribution >= 4 is 5.97 Å². The van der Waals surface area contributed by atoms with Crippen LogP contribution >= 0.6 is 0 Å². The number of carbonyl (C=O) groups is 1. The van der Waals surface area contributed by atoms with Gasteiger partial charge in [0.25, 0.3) is 0 Å². The topological polar surface area (TPSA) is 54.0 Å². The van der Waals surface area contributed by atoms with Crippen molar-refractivity contribution in [2.75, 3.05) is 14.2 Å². The van der Waals surface area contributed by atoms with Gasteiger partial charge < -0.3 is 9.47 Å². The van der Waals surface area contributed by atoms with Crippen LogP contribution in [0.2, 0.25) is 0 Å². The van der Waals surface area contributed by atoms with Gasteiger partial charge >= 0.3 is 5.97 Å². The summed E-state index contributed by atoms with van der Waals surface area (Å²) in [5.74, 6) is -1.16. The molecule has 1 rings (SSSR count). The molecule has 0 unspecified atom stereocenters. The molecule has 0 amide bonds. The largest absolute Gasteiger partial charge is 0.469 e. The van der Waals surface area contributed by atoms with Gasteiger partial charge in [0.15, 0.2) is 0 Å². The SMILES string of the molecule is C/C=C/CCCCCCCCC[C@]1(OC)C=C[C@@H](CC(=O)OC)OO1. The zero-order valence-electron chi connectivity index (χ0n) is 16.0. The van der Waals surface area contributed by atoms with Crippen LogP contribution in [-0.4, -0.2) is 32.1 Å². The van der Waals surface area contributed by atoms with Gasteiger partial charge in [0, 0.05) is 13.5 Å². The summed E-state index contributed by atoms with van der Waals surface area (Å²) < 4.78 is 10.1. The van der Waals surface area contributed by atoms with E-state index in [1.165, 1.54) is 45.6 Å². The zero-order valence-corrected chi connectivity index (χ0v) is 16.0. The van der Waals surface area contributed by atoms with E-state index in [2.05, 4.69) is 23.8 Å². The predicted octanol–water partition coefficient (Wildman–Crippen LogP) is 4.87. The van der Waals surface area contributed by atoms with Crippen LogP contribution in [0.3, 0.4) is 0 Å². The first-order valence-electron chi connectivity index (χ1n) is 9.42. The fraction of sp³-hybridized carbons (Fsp3) is 0.750. The number of esters is 1. The third kappa shape index (κ3) is 9.19. The van der Waals surface area contributed by atoms with Crippen molar-refractivity contribution < 1.29 is 24.0 Å². The van der Waals surface area contributed by atoms with Gasteiger partial charge in [-0.25, -0.2) is 4.89 Å². The summed E-state index contributed by atoms with van der Waals surface area (Å²) in [6.07, 6.45) is 18.3. The van der Waals surface area contributed by atoms with Crippen LogP contribution in [-0.2, 0) is 24.0 Å². The summed E-state index contributed by atoms with van der Waals surface area (Å²) in [5, 5.41) is 0. The van der Waals surface area contributed by atoms with E-state index < -0.39 is 11.9 Å². The van der Waals surface area contributed by atoms with Crippen LogP contribution < -0.4 is 0 Å². The smallest absolute Gasteiger partial charge is 0.308 e. The van der Waals surface area contributed by atoms with E-state index in [0.717, 1.165) is 19.3 Å². The number of ether oxygens (including phenoxy) is 2. The fourth-order valence-electron chi connectivity index (χ4n) is 2.82. The number of unbranched alkanes of at least 4 members (excludes halogenated alkanes) is 7. The molecule has 5 heteroatoms. The van der Waals surface area contributed by atoms with E-state index in [9.17, 15) is 4.79 Å². The molecule has 1 heterocycles. The first kappa shape index (κ1) is 21.9. The molecule has 0 saturated carbocycles. The molecule has 0 N–H and O–H groups in total. The highest BCUT2D eigenvalue weighted by Gasteiger charge is 2.34. The van der Waals surface area contributed by atoms with E-state index in [-0.39, 0.29) is 12.4 Å². The van der Waals surface area contributed by atoms with E-state index >= 15 is 0 Å². The molecular formula is C20H34O5. The molecular weight excluding hydrogens is 320 g/mol. The molecule has 0 aromatic heterocycles. The normalized spacial score (nSPS) is 23.2. The van der Waals surface area contributed by atoms with Crippen LogP contribution in [0.4, 0.5) is 0 Å². The van der Waals surface area contributed by atoms with Crippen LogP contribution in [0.15, 0.2) is 24.3 Å². The van der Waals surface area contributed by atoms with Crippen molar-refractivity contribution in [1.29, 1.82) is 0 Å². The van der Waals surface area contributed by atoms with Crippen LogP contribution in [0.1, 0.15) is 71.1 Å². The maximum absolute atomic E-state index is 11.3. The summed E-state index contributed by atoms with van der Waals surface area (Å²) in [5.41, 5.74) is 0. The second-order valence-corrected chi connectivity index (χ2v) is 6.46. The number of allylic oxidation sites excluding steroid dienone is 2. The lowest BCUT2D eigenvalue weighted by molar-refractivity contribution is -0.428. The van der Waals surface area contributed by atoms with E-state index in [0.29, 0.717) is 0 Å². The Morgan fingerprint density at radius 3 is 2.36 bits per heavy atom. The summed E-state index contributed by atoms with van der Waals surface area (Å²) >= 11 is 0. The minimum atomic E-state index is -0.834. The molecule has 0 fully saturated rings. The van der Waals surface area contributed by atoms with Crippen molar-refractivity contribution in [3.8, 4) is 0 Å². The Morgan fingerprint density at radius 1 is 1.12 bits per heavy atom. The minimum Gasteiger partial charge on any atom is -0.469 e. The van der Waals surface area contributed by atoms with Crippen molar-refractivity contribution in [3.05, 3.63) is 24.3 Å². The quantitative estimate of drug-likeness (QED) is 0.204. The molecule has 1 aliphatic rings. The van der Waals surface area contributed by atoms with Gasteiger partial charge in [0.1, 0.15) is 6.10 Å². The molecule has 25 heavy (non-hydrogen) atoms. The third-order valence-electron chi connectivity index (χ3n) is 4.45. The molecule has 0 aromatic rings. The first-order chi connectivity index (χ1) is 12.2. The van der Waals surface area contributed by atoms with Crippen LogP contribution in [0.25, 0.3) is 0 Å². The zero-order chi connectivity index (χ0) is 18.4. The van der Waals surface area contributed by atoms with E-state index in [1.54, 1.807) is 7.11 Å². The van der Waals surface area contributed by atoms with Gasteiger partial charge in [0.05, 0.1) is 13.5 Å². The van der Waals surface area contributed by atoms with E-state index in [4.69, 9.17) is 14.5 Å². The lowest BCUT2D eigenvalue weighted by Crippen LogP contribution is -2.38. The molecule has 0 saturated heterocycles. The second kappa shape index (κ2) is 13.1. The maximum Gasteiger partial charge on any atom is 0.308 e. The Bertz CT molecular complexity index is 418. The maximum atomic E-state index is 11.3. The molecule has 1 aliphatic heterocycles. The second-order valence-electron chi connectivity index (χ2n) is 6.46. The summed E-state index contributed by atoms with van der Waals surface area (Å²) in [6, 6.07) is 0. The van der Waals surface area contributed by atoms with E-state index in [1.807, 2.05) is 12.2 Å². The van der Waals surface area contributed by atoms with Crippen molar-refractivity contribution in [2.45, 2.75) is 83.0 Å². The fourth-order valence-corrected chi connectivity index (χ4v) is 2.82. The molecule has 2 atom stereocenters. The van der Waals surface area contributed by atoms with Gasteiger partial charge in [0.2, 0.25) is 5.79 Å². The highest BCUT2D eigenvalue weighted by molar-refractivity contribution is 5.70. The van der Waals surface area contributed by atoms with Crippen LogP contribution in [0.5, 0.6) is 0 Å². The van der Waals surface area contributed by atoms with Gasteiger partial charge in [-0.15, -0.1) is 0 Å². The van der Waals surface area contributed by atoms with Crippen molar-refractivity contribution in [1.82, 2.24) is 0 Å². The first-order valence-corrected chi connectivity index (χ1v) is 9.42. The van der Waals surface area contributed by atoms with Crippen molar-refractivity contribution in [3.63, 3.8) is 0 Å². The lowest BCUT2D eigenvalue weighted by Gasteiger charge is -2.32. The Hall–Kier alpha value is -1.17. The molecule has 5 nitrogen and oxygen atoms in total. The Balaban J connectivity index is 2.15. The molecule has 0 aliphatic carbocycles. The number of rotatable bonds is 13. The number of carbonyl (C=O) groups excluding carboxylic acids is 1. The Morgan fingerprint density at radius 2 is 1.80 bits per heavy atom. The predicted molar refractivity (Wildman–Crippen MR) is 97.8 cm³/mol. The monoisotopic (exact) mass is 354 g/mol. The third-order valence-corrected chi connectivity index (χ3v) is 4.45. The Kier molecular flexibility index (Phi) is 11.5. The standard InChI is InChI=1S/C20H34O5/c1-4-5-6-7-8-9-10-11-12-13-15-20(23-3)16-14-18(24-25-20)17-19(21)22-2/h4-5,14,16,18H,6-13,15,17H2,1-3H3/b5-4+/t18-,20+/m0/s1. The summed E-state index contributed by atoms with van der Waals surface area (Å²) in [4.78, 5) is 22.0. The summed E-state index contributed by atoms with van der Waals surface area (Å²) in [7, 11) is 2.97. The van der Waals surface area contributed by atoms with Gasteiger partial charge in [-0.1, -0.05) is 50.3 Å². The van der Waals surface area contributed by atoms with Gasteiger partial charge in [-0.3, -0.25) is 4.79 Å². The molecule has 144 valence electrons. The highest BCUT2D eigenvalue weighted by atomic mass is 17.2. The lowest BCUT2D eigenvalue weighted by atomic mass is 10.0. The average molecular weight is 354 g/mol. The number of hydrogen-bond donors (Lipinski definition) is 0. The van der Waals surface area contributed by atoms with Crippen molar-refractivity contribution in [2.24, 2.45) is 0 Å². The van der Waals surface area contributed by atoms with Gasteiger partial charge in [-0.05, 0) is 32.3 Å².